The first kappa shape index (κ1) is 16.8. The van der Waals surface area contributed by atoms with Gasteiger partial charge in [-0.3, -0.25) is 4.79 Å². The summed E-state index contributed by atoms with van der Waals surface area (Å²) < 4.78 is 27.5. The maximum Gasteiger partial charge on any atom is 0.292 e. The van der Waals surface area contributed by atoms with Crippen LogP contribution in [0.2, 0.25) is 5.02 Å². The van der Waals surface area contributed by atoms with Crippen LogP contribution in [0.5, 0.6) is 0 Å². The molecule has 0 bridgehead atoms. The number of anilines is 1. The molecule has 1 aromatic heterocycles. The van der Waals surface area contributed by atoms with E-state index in [1.165, 1.54) is 6.20 Å². The average molecular weight is 346 g/mol. The minimum absolute atomic E-state index is 0.0899. The number of nitrogens with one attached hydrogen (secondary N) is 1. The zero-order valence-corrected chi connectivity index (χ0v) is 13.5. The molecule has 118 valence electrons. The van der Waals surface area contributed by atoms with Gasteiger partial charge < -0.3 is 5.32 Å². The first-order valence-electron chi connectivity index (χ1n) is 6.42. The molecule has 2 rings (SSSR count). The van der Waals surface area contributed by atoms with E-state index in [0.29, 0.717) is 11.8 Å². The van der Waals surface area contributed by atoms with Crippen LogP contribution in [-0.2, 0) is 0 Å². The highest BCUT2D eigenvalue weighted by Crippen LogP contribution is 2.19. The smallest absolute Gasteiger partial charge is 0.292 e. The molecule has 0 fully saturated rings. The Morgan fingerprint density at radius 3 is 2.82 bits per heavy atom. The zero-order chi connectivity index (χ0) is 16.3. The molecular weight excluding hydrogens is 332 g/mol. The minimum Gasteiger partial charge on any atom is -0.379 e. The van der Waals surface area contributed by atoms with E-state index in [-0.39, 0.29) is 16.8 Å². The van der Waals surface area contributed by atoms with Crippen molar-refractivity contribution >= 4 is 29.1 Å². The van der Waals surface area contributed by atoms with E-state index in [2.05, 4.69) is 10.4 Å². The Morgan fingerprint density at radius 1 is 1.45 bits per heavy atom. The number of nitrogens with zero attached hydrogens (tertiary/aromatic N) is 2. The van der Waals surface area contributed by atoms with Gasteiger partial charge in [0.1, 0.15) is 16.5 Å². The summed E-state index contributed by atoms with van der Waals surface area (Å²) in [5, 5.41) is 6.88. The van der Waals surface area contributed by atoms with E-state index in [9.17, 15) is 13.6 Å². The summed E-state index contributed by atoms with van der Waals surface area (Å²) in [5.74, 6) is -0.793. The van der Waals surface area contributed by atoms with Crippen molar-refractivity contribution in [3.63, 3.8) is 0 Å². The predicted octanol–water partition coefficient (Wildman–Crippen LogP) is 3.33. The molecule has 1 atom stereocenters. The summed E-state index contributed by atoms with van der Waals surface area (Å²) in [6.07, 6.45) is 3.32. The van der Waals surface area contributed by atoms with Crippen molar-refractivity contribution in [2.45, 2.75) is 13.0 Å². The highest BCUT2D eigenvalue weighted by Gasteiger charge is 2.15. The van der Waals surface area contributed by atoms with Crippen LogP contribution in [0, 0.1) is 11.6 Å². The molecule has 0 saturated carbocycles. The number of rotatable bonds is 5. The fourth-order valence-corrected chi connectivity index (χ4v) is 2.68. The number of halogens is 3. The Labute approximate surface area is 135 Å². The topological polar surface area (TPSA) is 46.9 Å². The molecule has 1 N–H and O–H groups in total. The van der Waals surface area contributed by atoms with Crippen molar-refractivity contribution < 1.29 is 8.78 Å². The lowest BCUT2D eigenvalue weighted by Crippen LogP contribution is -2.26. The quantitative estimate of drug-likeness (QED) is 0.903. The van der Waals surface area contributed by atoms with Crippen molar-refractivity contribution in [2.24, 2.45) is 0 Å². The molecule has 0 spiro atoms. The van der Waals surface area contributed by atoms with Crippen molar-refractivity contribution in [1.82, 2.24) is 9.78 Å². The van der Waals surface area contributed by atoms with Crippen LogP contribution in [0.25, 0.3) is 5.69 Å². The van der Waals surface area contributed by atoms with Gasteiger partial charge in [-0.15, -0.1) is 0 Å². The van der Waals surface area contributed by atoms with E-state index in [1.54, 1.807) is 11.8 Å². The maximum absolute atomic E-state index is 13.8. The highest BCUT2D eigenvalue weighted by atomic mass is 35.5. The van der Waals surface area contributed by atoms with Gasteiger partial charge in [0.05, 0.1) is 11.9 Å². The minimum atomic E-state index is -0.887. The van der Waals surface area contributed by atoms with Gasteiger partial charge in [0.25, 0.3) is 5.56 Å². The molecule has 8 heteroatoms. The molecule has 0 saturated heterocycles. The van der Waals surface area contributed by atoms with Crippen molar-refractivity contribution in [3.8, 4) is 5.69 Å². The molecule has 22 heavy (non-hydrogen) atoms. The number of thioether (sulfide) groups is 1. The molecule has 1 heterocycles. The van der Waals surface area contributed by atoms with Gasteiger partial charge >= 0.3 is 0 Å². The van der Waals surface area contributed by atoms with Crippen LogP contribution in [0.1, 0.15) is 6.92 Å². The Bertz CT molecular complexity index is 739. The predicted molar refractivity (Wildman–Crippen MR) is 86.2 cm³/mol. The third-order valence-electron chi connectivity index (χ3n) is 2.88. The molecule has 0 amide bonds. The lowest BCUT2D eigenvalue weighted by Gasteiger charge is -2.15. The second-order valence-electron chi connectivity index (χ2n) is 4.69. The fraction of sp³-hybridized carbons (Fsp3) is 0.286. The van der Waals surface area contributed by atoms with Crippen LogP contribution in [0.3, 0.4) is 0 Å². The highest BCUT2D eigenvalue weighted by molar-refractivity contribution is 7.98. The van der Waals surface area contributed by atoms with Gasteiger partial charge in [0.15, 0.2) is 5.82 Å². The Morgan fingerprint density at radius 2 is 2.18 bits per heavy atom. The monoisotopic (exact) mass is 345 g/mol. The molecule has 1 aromatic carbocycles. The zero-order valence-electron chi connectivity index (χ0n) is 11.9. The first-order chi connectivity index (χ1) is 10.4. The first-order valence-corrected chi connectivity index (χ1v) is 8.20. The van der Waals surface area contributed by atoms with Crippen LogP contribution in [0.4, 0.5) is 14.5 Å². The molecule has 2 aromatic rings. The maximum atomic E-state index is 13.8. The van der Waals surface area contributed by atoms with Crippen molar-refractivity contribution in [2.75, 3.05) is 17.3 Å². The molecule has 1 unspecified atom stereocenters. The van der Waals surface area contributed by atoms with Gasteiger partial charge in [0.2, 0.25) is 0 Å². The van der Waals surface area contributed by atoms with Gasteiger partial charge in [-0.05, 0) is 25.3 Å². The van der Waals surface area contributed by atoms with Gasteiger partial charge in [-0.25, -0.2) is 8.78 Å². The number of hydrogen-bond donors (Lipinski definition) is 1. The molecule has 0 aliphatic heterocycles. The van der Waals surface area contributed by atoms with Gasteiger partial charge in [0, 0.05) is 17.9 Å². The third-order valence-corrected chi connectivity index (χ3v) is 4.07. The fourth-order valence-electron chi connectivity index (χ4n) is 1.92. The molecule has 0 aliphatic carbocycles. The average Bonchev–Trinajstić information content (AvgIpc) is 2.45. The van der Waals surface area contributed by atoms with E-state index < -0.39 is 17.2 Å². The second-order valence-corrected chi connectivity index (χ2v) is 5.97. The normalized spacial score (nSPS) is 12.2. The molecule has 4 nitrogen and oxygen atoms in total. The lowest BCUT2D eigenvalue weighted by atomic mass is 10.3. The van der Waals surface area contributed by atoms with E-state index in [1.807, 2.05) is 13.2 Å². The summed E-state index contributed by atoms with van der Waals surface area (Å²) in [7, 11) is 0. The lowest BCUT2D eigenvalue weighted by molar-refractivity contribution is 0.570. The summed E-state index contributed by atoms with van der Waals surface area (Å²) in [4.78, 5) is 12.2. The summed E-state index contributed by atoms with van der Waals surface area (Å²) in [5.41, 5.74) is -0.447. The Balaban J connectivity index is 2.40. The molecule has 0 radical (unpaired) electrons. The molecular formula is C14H14ClF2N3OS. The SMILES string of the molecule is CSCC(C)Nc1cnn(-c2ccc(F)cc2F)c(=O)c1Cl. The van der Waals surface area contributed by atoms with E-state index >= 15 is 0 Å². The standard InChI is InChI=1S/C14H14ClF2N3OS/c1-8(7-22-2)19-11-6-18-20(14(21)13(11)15)12-4-3-9(16)5-10(12)17/h3-6,8,19H,7H2,1-2H3. The Hall–Kier alpha value is -1.60. The van der Waals surface area contributed by atoms with Crippen LogP contribution < -0.4 is 10.9 Å². The van der Waals surface area contributed by atoms with Crippen LogP contribution >= 0.6 is 23.4 Å². The van der Waals surface area contributed by atoms with Crippen LogP contribution in [0.15, 0.2) is 29.2 Å². The number of benzene rings is 1. The van der Waals surface area contributed by atoms with E-state index in [4.69, 9.17) is 11.6 Å². The summed E-state index contributed by atoms with van der Waals surface area (Å²) in [6, 6.07) is 2.96. The Kier molecular flexibility index (Phi) is 5.42. The van der Waals surface area contributed by atoms with Crippen LogP contribution in [-0.4, -0.2) is 27.8 Å². The summed E-state index contributed by atoms with van der Waals surface area (Å²) in [6.45, 7) is 1.94. The number of aromatic nitrogens is 2. The molecule has 0 aliphatic rings. The second kappa shape index (κ2) is 7.11. The van der Waals surface area contributed by atoms with Crippen molar-refractivity contribution in [3.05, 3.63) is 51.4 Å². The van der Waals surface area contributed by atoms with Crippen molar-refractivity contribution in [1.29, 1.82) is 0 Å². The largest absolute Gasteiger partial charge is 0.379 e. The third kappa shape index (κ3) is 3.59. The van der Waals surface area contributed by atoms with E-state index in [0.717, 1.165) is 22.6 Å². The number of hydrogen-bond acceptors (Lipinski definition) is 4. The van der Waals surface area contributed by atoms with Gasteiger partial charge in [-0.1, -0.05) is 11.6 Å². The summed E-state index contributed by atoms with van der Waals surface area (Å²) >= 11 is 7.68. The van der Waals surface area contributed by atoms with Gasteiger partial charge in [-0.2, -0.15) is 21.5 Å².